The molecule has 20 heavy (non-hydrogen) atoms. The molecule has 2 aromatic carbocycles. The van der Waals surface area contributed by atoms with Crippen molar-refractivity contribution in [2.75, 3.05) is 0 Å². The molecule has 1 aromatic heterocycles. The average Bonchev–Trinajstić information content (AvgIpc) is 2.82. The van der Waals surface area contributed by atoms with E-state index in [2.05, 4.69) is 15.9 Å². The van der Waals surface area contributed by atoms with E-state index in [1.807, 2.05) is 18.2 Å². The van der Waals surface area contributed by atoms with Crippen LogP contribution in [0.4, 0.5) is 8.78 Å². The first-order valence-electron chi connectivity index (χ1n) is 5.73. The third-order valence-electron chi connectivity index (χ3n) is 2.92. The quantitative estimate of drug-likeness (QED) is 0.581. The van der Waals surface area contributed by atoms with Crippen molar-refractivity contribution in [2.24, 2.45) is 0 Å². The summed E-state index contributed by atoms with van der Waals surface area (Å²) < 4.78 is 28.3. The smallest absolute Gasteiger partial charge is 0.194 e. The molecule has 0 aliphatic heterocycles. The molecule has 0 unspecified atom stereocenters. The van der Waals surface area contributed by atoms with Crippen LogP contribution in [0.3, 0.4) is 0 Å². The highest BCUT2D eigenvalue weighted by molar-refractivity contribution is 9.10. The van der Waals surface area contributed by atoms with Gasteiger partial charge in [0.2, 0.25) is 0 Å². The molecule has 0 N–H and O–H groups in total. The van der Waals surface area contributed by atoms with Gasteiger partial charge in [-0.15, -0.1) is 11.3 Å². The maximum atomic E-state index is 13.2. The second kappa shape index (κ2) is 5.07. The Morgan fingerprint density at radius 1 is 1.10 bits per heavy atom. The molecule has 0 fully saturated rings. The molecule has 0 radical (unpaired) electrons. The van der Waals surface area contributed by atoms with Gasteiger partial charge in [0.15, 0.2) is 5.78 Å². The van der Waals surface area contributed by atoms with Crippen LogP contribution >= 0.6 is 27.3 Å². The fourth-order valence-electron chi connectivity index (χ4n) is 2.04. The Bertz CT molecular complexity index is 806. The van der Waals surface area contributed by atoms with Crippen molar-refractivity contribution in [3.05, 3.63) is 69.0 Å². The monoisotopic (exact) mass is 352 g/mol. The van der Waals surface area contributed by atoms with E-state index in [0.29, 0.717) is 5.56 Å². The summed E-state index contributed by atoms with van der Waals surface area (Å²) in [6.45, 7) is 0. The summed E-state index contributed by atoms with van der Waals surface area (Å²) in [6, 6.07) is 8.37. The minimum absolute atomic E-state index is 0.0159. The normalized spacial score (nSPS) is 10.9. The molecule has 0 saturated heterocycles. The van der Waals surface area contributed by atoms with Crippen molar-refractivity contribution in [3.63, 3.8) is 0 Å². The highest BCUT2D eigenvalue weighted by atomic mass is 79.9. The van der Waals surface area contributed by atoms with Crippen LogP contribution in [0.1, 0.15) is 15.9 Å². The summed E-state index contributed by atoms with van der Waals surface area (Å²) in [5.41, 5.74) is 0.471. The van der Waals surface area contributed by atoms with Gasteiger partial charge >= 0.3 is 0 Å². The molecule has 1 nitrogen and oxygen atoms in total. The molecule has 0 spiro atoms. The van der Waals surface area contributed by atoms with Gasteiger partial charge in [-0.25, -0.2) is 8.78 Å². The Labute approximate surface area is 126 Å². The van der Waals surface area contributed by atoms with Gasteiger partial charge in [0, 0.05) is 37.1 Å². The van der Waals surface area contributed by atoms with Crippen LogP contribution in [0.25, 0.3) is 10.1 Å². The number of ketones is 1. The number of carbonyl (C=O) groups is 1. The minimum atomic E-state index is -0.755. The standard InChI is InChI=1S/C15H7BrF2OS/c16-13-3-1-2-11-12(7-20-15(11)13)14(19)8-4-9(17)6-10(18)5-8/h1-7H. The fourth-order valence-corrected chi connectivity index (χ4v) is 3.64. The number of benzene rings is 2. The second-order valence-corrected chi connectivity index (χ2v) is 5.99. The van der Waals surface area contributed by atoms with E-state index < -0.39 is 11.6 Å². The Balaban J connectivity index is 2.15. The molecule has 0 aliphatic rings. The summed E-state index contributed by atoms with van der Waals surface area (Å²) in [7, 11) is 0. The van der Waals surface area contributed by atoms with Crippen LogP contribution in [-0.4, -0.2) is 5.78 Å². The maximum absolute atomic E-state index is 13.2. The van der Waals surface area contributed by atoms with E-state index in [9.17, 15) is 13.6 Å². The SMILES string of the molecule is O=C(c1cc(F)cc(F)c1)c1csc2c(Br)cccc12. The van der Waals surface area contributed by atoms with Crippen molar-refractivity contribution in [1.29, 1.82) is 0 Å². The van der Waals surface area contributed by atoms with E-state index in [0.717, 1.165) is 32.8 Å². The lowest BCUT2D eigenvalue weighted by Crippen LogP contribution is -2.01. The number of hydrogen-bond donors (Lipinski definition) is 0. The molecule has 0 amide bonds. The third-order valence-corrected chi connectivity index (χ3v) is 4.87. The van der Waals surface area contributed by atoms with Crippen molar-refractivity contribution in [3.8, 4) is 0 Å². The highest BCUT2D eigenvalue weighted by Crippen LogP contribution is 2.33. The van der Waals surface area contributed by atoms with E-state index in [4.69, 9.17) is 0 Å². The molecular formula is C15H7BrF2OS. The summed E-state index contributed by atoms with van der Waals surface area (Å²) in [6.07, 6.45) is 0. The summed E-state index contributed by atoms with van der Waals surface area (Å²) in [5.74, 6) is -1.89. The van der Waals surface area contributed by atoms with Crippen LogP contribution in [0.15, 0.2) is 46.3 Å². The Morgan fingerprint density at radius 3 is 2.50 bits per heavy atom. The second-order valence-electron chi connectivity index (χ2n) is 4.25. The Kier molecular flexibility index (Phi) is 3.40. The third kappa shape index (κ3) is 2.27. The summed E-state index contributed by atoms with van der Waals surface area (Å²) >= 11 is 4.83. The van der Waals surface area contributed by atoms with Gasteiger partial charge in [-0.3, -0.25) is 4.79 Å². The van der Waals surface area contributed by atoms with Crippen molar-refractivity contribution < 1.29 is 13.6 Å². The molecule has 100 valence electrons. The lowest BCUT2D eigenvalue weighted by molar-refractivity contribution is 0.103. The zero-order valence-corrected chi connectivity index (χ0v) is 12.4. The van der Waals surface area contributed by atoms with Crippen LogP contribution in [0, 0.1) is 11.6 Å². The van der Waals surface area contributed by atoms with E-state index in [-0.39, 0.29) is 11.3 Å². The van der Waals surface area contributed by atoms with Crippen LogP contribution in [-0.2, 0) is 0 Å². The minimum Gasteiger partial charge on any atom is -0.289 e. The number of halogens is 3. The van der Waals surface area contributed by atoms with Gasteiger partial charge in [-0.05, 0) is 34.1 Å². The fraction of sp³-hybridized carbons (Fsp3) is 0. The lowest BCUT2D eigenvalue weighted by Gasteiger charge is -2.01. The Morgan fingerprint density at radius 2 is 1.80 bits per heavy atom. The van der Waals surface area contributed by atoms with Crippen LogP contribution < -0.4 is 0 Å². The van der Waals surface area contributed by atoms with E-state index >= 15 is 0 Å². The van der Waals surface area contributed by atoms with E-state index in [1.165, 1.54) is 11.3 Å². The number of carbonyl (C=O) groups excluding carboxylic acids is 1. The van der Waals surface area contributed by atoms with E-state index in [1.54, 1.807) is 5.38 Å². The highest BCUT2D eigenvalue weighted by Gasteiger charge is 2.16. The predicted molar refractivity (Wildman–Crippen MR) is 79.3 cm³/mol. The first-order chi connectivity index (χ1) is 9.56. The number of hydrogen-bond acceptors (Lipinski definition) is 2. The molecule has 0 saturated carbocycles. The molecular weight excluding hydrogens is 346 g/mol. The largest absolute Gasteiger partial charge is 0.289 e. The molecule has 0 atom stereocenters. The summed E-state index contributed by atoms with van der Waals surface area (Å²) in [4.78, 5) is 12.4. The average molecular weight is 353 g/mol. The van der Waals surface area contributed by atoms with Gasteiger partial charge in [-0.2, -0.15) is 0 Å². The first kappa shape index (κ1) is 13.4. The Hall–Kier alpha value is -1.59. The topological polar surface area (TPSA) is 17.1 Å². The zero-order valence-electron chi connectivity index (χ0n) is 9.99. The molecule has 0 aliphatic carbocycles. The van der Waals surface area contributed by atoms with Gasteiger partial charge in [0.25, 0.3) is 0 Å². The van der Waals surface area contributed by atoms with Gasteiger partial charge in [0.05, 0.1) is 0 Å². The zero-order chi connectivity index (χ0) is 14.3. The molecule has 3 aromatic rings. The summed E-state index contributed by atoms with van der Waals surface area (Å²) in [5, 5.41) is 2.49. The maximum Gasteiger partial charge on any atom is 0.194 e. The molecule has 1 heterocycles. The predicted octanol–water partition coefficient (Wildman–Crippen LogP) is 5.17. The number of thiophene rings is 1. The van der Waals surface area contributed by atoms with Gasteiger partial charge in [-0.1, -0.05) is 12.1 Å². The van der Waals surface area contributed by atoms with Crippen molar-refractivity contribution in [1.82, 2.24) is 0 Å². The van der Waals surface area contributed by atoms with Crippen molar-refractivity contribution >= 4 is 43.1 Å². The molecule has 5 heteroatoms. The number of rotatable bonds is 2. The lowest BCUT2D eigenvalue weighted by atomic mass is 10.0. The van der Waals surface area contributed by atoms with Crippen LogP contribution in [0.5, 0.6) is 0 Å². The van der Waals surface area contributed by atoms with Gasteiger partial charge < -0.3 is 0 Å². The van der Waals surface area contributed by atoms with Crippen molar-refractivity contribution in [2.45, 2.75) is 0 Å². The van der Waals surface area contributed by atoms with Crippen LogP contribution in [0.2, 0.25) is 0 Å². The first-order valence-corrected chi connectivity index (χ1v) is 7.40. The van der Waals surface area contributed by atoms with Gasteiger partial charge in [0.1, 0.15) is 11.6 Å². The number of fused-ring (bicyclic) bond motifs is 1. The molecule has 3 rings (SSSR count). The molecule has 0 bridgehead atoms.